The molecule has 7 heteroatoms. The van der Waals surface area contributed by atoms with E-state index in [0.717, 1.165) is 6.26 Å². The Hall–Kier alpha value is -0.620. The van der Waals surface area contributed by atoms with Crippen molar-refractivity contribution in [2.45, 2.75) is 18.6 Å². The third kappa shape index (κ3) is 1.83. The van der Waals surface area contributed by atoms with E-state index in [1.165, 1.54) is 13.8 Å². The average Bonchev–Trinajstić information content (AvgIpc) is 2.33. The van der Waals surface area contributed by atoms with Crippen LogP contribution in [0.3, 0.4) is 0 Å². The predicted molar refractivity (Wildman–Crippen MR) is 47.2 cm³/mol. The highest BCUT2D eigenvalue weighted by molar-refractivity contribution is 7.91. The molecular weight excluding hydrogens is 216 g/mol. The minimum absolute atomic E-state index is 0.000000000000000444. The second kappa shape index (κ2) is 2.95. The molecule has 0 N–H and O–H groups in total. The van der Waals surface area contributed by atoms with Gasteiger partial charge in [-0.2, -0.15) is 4.98 Å². The third-order valence-electron chi connectivity index (χ3n) is 1.84. The Balaban J connectivity index is 3.23. The SMILES string of the molecule is CC(C)(c1nc(Cl)no1)S(C)(=O)=O. The Labute approximate surface area is 81.0 Å². The first kappa shape index (κ1) is 10.5. The van der Waals surface area contributed by atoms with E-state index in [1.54, 1.807) is 0 Å². The van der Waals surface area contributed by atoms with Crippen molar-refractivity contribution in [1.82, 2.24) is 10.1 Å². The molecule has 0 unspecified atom stereocenters. The molecule has 0 spiro atoms. The Bertz CT molecular complexity index is 409. The predicted octanol–water partition coefficient (Wildman–Crippen LogP) is 1.00. The lowest BCUT2D eigenvalue weighted by Gasteiger charge is -2.16. The fraction of sp³-hybridized carbons (Fsp3) is 0.667. The maximum atomic E-state index is 11.3. The molecule has 1 aromatic heterocycles. The highest BCUT2D eigenvalue weighted by Crippen LogP contribution is 2.27. The van der Waals surface area contributed by atoms with Gasteiger partial charge >= 0.3 is 0 Å². The van der Waals surface area contributed by atoms with Crippen LogP contribution in [-0.4, -0.2) is 24.8 Å². The molecule has 1 heterocycles. The topological polar surface area (TPSA) is 73.1 Å². The summed E-state index contributed by atoms with van der Waals surface area (Å²) in [6, 6.07) is 0. The largest absolute Gasteiger partial charge is 0.336 e. The van der Waals surface area contributed by atoms with Gasteiger partial charge in [-0.05, 0) is 30.6 Å². The van der Waals surface area contributed by atoms with E-state index in [0.29, 0.717) is 0 Å². The van der Waals surface area contributed by atoms with E-state index < -0.39 is 14.6 Å². The highest BCUT2D eigenvalue weighted by Gasteiger charge is 2.38. The van der Waals surface area contributed by atoms with Crippen LogP contribution in [0, 0.1) is 0 Å². The standard InChI is InChI=1S/C6H9ClN2O3S/c1-6(2,13(3,10)11)4-8-5(7)9-12-4/h1-3H3. The summed E-state index contributed by atoms with van der Waals surface area (Å²) in [5.41, 5.74) is 0. The first-order valence-electron chi connectivity index (χ1n) is 3.44. The van der Waals surface area contributed by atoms with Crippen molar-refractivity contribution in [1.29, 1.82) is 0 Å². The normalized spacial score (nSPS) is 13.2. The van der Waals surface area contributed by atoms with Crippen LogP contribution in [-0.2, 0) is 14.6 Å². The van der Waals surface area contributed by atoms with Gasteiger partial charge in [0.1, 0.15) is 4.75 Å². The second-order valence-corrected chi connectivity index (χ2v) is 6.05. The van der Waals surface area contributed by atoms with Gasteiger partial charge in [-0.3, -0.25) is 0 Å². The molecule has 13 heavy (non-hydrogen) atoms. The summed E-state index contributed by atoms with van der Waals surface area (Å²) in [5, 5.41) is 3.22. The van der Waals surface area contributed by atoms with Crippen LogP contribution in [0.2, 0.25) is 5.28 Å². The van der Waals surface area contributed by atoms with Crippen LogP contribution in [0.15, 0.2) is 4.52 Å². The van der Waals surface area contributed by atoms with Crippen molar-refractivity contribution in [3.63, 3.8) is 0 Å². The van der Waals surface area contributed by atoms with Crippen LogP contribution in [0.5, 0.6) is 0 Å². The van der Waals surface area contributed by atoms with Gasteiger partial charge in [-0.1, -0.05) is 0 Å². The highest BCUT2D eigenvalue weighted by atomic mass is 35.5. The number of hydrogen-bond donors (Lipinski definition) is 0. The van der Waals surface area contributed by atoms with E-state index in [4.69, 9.17) is 11.6 Å². The van der Waals surface area contributed by atoms with Crippen LogP contribution in [0.25, 0.3) is 0 Å². The van der Waals surface area contributed by atoms with Crippen molar-refractivity contribution < 1.29 is 12.9 Å². The lowest BCUT2D eigenvalue weighted by Crippen LogP contribution is -2.28. The first-order valence-corrected chi connectivity index (χ1v) is 5.71. The van der Waals surface area contributed by atoms with Gasteiger partial charge < -0.3 is 4.52 Å². The van der Waals surface area contributed by atoms with Crippen LogP contribution < -0.4 is 0 Å². The zero-order chi connectivity index (χ0) is 10.3. The van der Waals surface area contributed by atoms with Crippen molar-refractivity contribution in [3.05, 3.63) is 11.2 Å². The summed E-state index contributed by atoms with van der Waals surface area (Å²) in [7, 11) is -3.30. The van der Waals surface area contributed by atoms with E-state index in [9.17, 15) is 8.42 Å². The number of halogens is 1. The minimum Gasteiger partial charge on any atom is -0.336 e. The summed E-state index contributed by atoms with van der Waals surface area (Å²) in [6.45, 7) is 2.96. The van der Waals surface area contributed by atoms with Gasteiger partial charge in [0.2, 0.25) is 5.89 Å². The van der Waals surface area contributed by atoms with Crippen molar-refractivity contribution in [2.24, 2.45) is 0 Å². The molecule has 5 nitrogen and oxygen atoms in total. The molecular formula is C6H9ClN2O3S. The zero-order valence-corrected chi connectivity index (χ0v) is 8.98. The van der Waals surface area contributed by atoms with Crippen molar-refractivity contribution in [3.8, 4) is 0 Å². The van der Waals surface area contributed by atoms with E-state index >= 15 is 0 Å². The van der Waals surface area contributed by atoms with Gasteiger partial charge in [-0.15, -0.1) is 0 Å². The van der Waals surface area contributed by atoms with Crippen molar-refractivity contribution in [2.75, 3.05) is 6.26 Å². The molecule has 0 aliphatic heterocycles. The first-order chi connectivity index (χ1) is 5.75. The maximum absolute atomic E-state index is 11.3. The van der Waals surface area contributed by atoms with Gasteiger partial charge in [0.05, 0.1) is 0 Å². The third-order valence-corrected chi connectivity index (χ3v) is 4.03. The second-order valence-electron chi connectivity index (χ2n) is 3.15. The fourth-order valence-corrected chi connectivity index (χ4v) is 1.12. The quantitative estimate of drug-likeness (QED) is 0.750. The Morgan fingerprint density at radius 3 is 2.31 bits per heavy atom. The Kier molecular flexibility index (Phi) is 2.38. The van der Waals surface area contributed by atoms with Crippen LogP contribution >= 0.6 is 11.6 Å². The number of rotatable bonds is 2. The molecule has 0 atom stereocenters. The lowest BCUT2D eigenvalue weighted by atomic mass is 10.2. The number of sulfone groups is 1. The molecule has 74 valence electrons. The number of aromatic nitrogens is 2. The van der Waals surface area contributed by atoms with Crippen LogP contribution in [0.1, 0.15) is 19.7 Å². The Morgan fingerprint density at radius 1 is 1.46 bits per heavy atom. The molecule has 1 rings (SSSR count). The molecule has 0 saturated carbocycles. The maximum Gasteiger partial charge on any atom is 0.263 e. The summed E-state index contributed by atoms with van der Waals surface area (Å²) in [6.07, 6.45) is 1.10. The van der Waals surface area contributed by atoms with Gasteiger partial charge in [0, 0.05) is 6.26 Å². The molecule has 0 radical (unpaired) electrons. The summed E-state index contributed by atoms with van der Waals surface area (Å²) in [5.74, 6) is 0.000000000000000444. The number of nitrogens with zero attached hydrogens (tertiary/aromatic N) is 2. The molecule has 0 aliphatic carbocycles. The summed E-state index contributed by atoms with van der Waals surface area (Å²) in [4.78, 5) is 3.66. The van der Waals surface area contributed by atoms with E-state index in [1.807, 2.05) is 0 Å². The van der Waals surface area contributed by atoms with Gasteiger partial charge in [0.15, 0.2) is 9.84 Å². The summed E-state index contributed by atoms with van der Waals surface area (Å²) < 4.78 is 26.1. The fourth-order valence-electron chi connectivity index (χ4n) is 0.609. The summed E-state index contributed by atoms with van der Waals surface area (Å²) >= 11 is 5.41. The van der Waals surface area contributed by atoms with Gasteiger partial charge in [-0.25, -0.2) is 8.42 Å². The van der Waals surface area contributed by atoms with Crippen molar-refractivity contribution >= 4 is 21.4 Å². The smallest absolute Gasteiger partial charge is 0.263 e. The number of hydrogen-bond acceptors (Lipinski definition) is 5. The zero-order valence-electron chi connectivity index (χ0n) is 7.41. The molecule has 0 saturated heterocycles. The molecule has 0 fully saturated rings. The molecule has 0 aliphatic rings. The van der Waals surface area contributed by atoms with Gasteiger partial charge in [0.25, 0.3) is 5.28 Å². The molecule has 0 aromatic carbocycles. The minimum atomic E-state index is -3.30. The lowest BCUT2D eigenvalue weighted by molar-refractivity contribution is 0.347. The average molecular weight is 225 g/mol. The monoisotopic (exact) mass is 224 g/mol. The van der Waals surface area contributed by atoms with Crippen LogP contribution in [0.4, 0.5) is 0 Å². The molecule has 0 amide bonds. The van der Waals surface area contributed by atoms with E-state index in [-0.39, 0.29) is 11.2 Å². The van der Waals surface area contributed by atoms with E-state index in [2.05, 4.69) is 14.7 Å². The molecule has 1 aromatic rings. The Morgan fingerprint density at radius 2 is 2.00 bits per heavy atom. The molecule has 0 bridgehead atoms.